The van der Waals surface area contributed by atoms with Crippen LogP contribution in [0.15, 0.2) is 42.5 Å². The van der Waals surface area contributed by atoms with Gasteiger partial charge in [0.25, 0.3) is 0 Å². The van der Waals surface area contributed by atoms with Crippen molar-refractivity contribution in [3.8, 4) is 11.5 Å². The fraction of sp³-hybridized carbons (Fsp3) is 0.350. The predicted octanol–water partition coefficient (Wildman–Crippen LogP) is 3.39. The van der Waals surface area contributed by atoms with E-state index in [1.54, 1.807) is 13.2 Å². The van der Waals surface area contributed by atoms with Crippen LogP contribution in [-0.2, 0) is 17.8 Å². The number of rotatable bonds is 8. The van der Waals surface area contributed by atoms with Crippen LogP contribution in [0, 0.1) is 0 Å². The Balaban J connectivity index is 0.00000243. The maximum Gasteiger partial charge on any atom is 0.338 e. The van der Waals surface area contributed by atoms with Crippen molar-refractivity contribution in [3.05, 3.63) is 59.2 Å². The summed E-state index contributed by atoms with van der Waals surface area (Å²) in [5.41, 5.74) is 2.71. The molecule has 1 N–H and O–H groups in total. The maximum atomic E-state index is 11.4. The van der Waals surface area contributed by atoms with Gasteiger partial charge in [-0.15, -0.1) is 12.4 Å². The number of para-hydroxylation sites is 1. The highest BCUT2D eigenvalue weighted by atomic mass is 35.5. The minimum absolute atomic E-state index is 0. The van der Waals surface area contributed by atoms with Crippen LogP contribution in [-0.4, -0.2) is 32.3 Å². The molecule has 140 valence electrons. The molecule has 0 fully saturated rings. The molecule has 1 aliphatic heterocycles. The Hall–Kier alpha value is -2.24. The second kappa shape index (κ2) is 9.46. The number of cyclic esters (lactones) is 1. The smallest absolute Gasteiger partial charge is 0.338 e. The molecule has 1 atom stereocenters. The summed E-state index contributed by atoms with van der Waals surface area (Å²) in [7, 11) is 1.69. The molecule has 5 nitrogen and oxygen atoms in total. The molecule has 0 saturated carbocycles. The molecule has 26 heavy (non-hydrogen) atoms. The first-order chi connectivity index (χ1) is 12.2. The highest BCUT2D eigenvalue weighted by Crippen LogP contribution is 2.24. The average Bonchev–Trinajstić information content (AvgIpc) is 3.01. The summed E-state index contributed by atoms with van der Waals surface area (Å²) in [6.45, 7) is 3.82. The predicted molar refractivity (Wildman–Crippen MR) is 102 cm³/mol. The molecule has 1 aliphatic rings. The Morgan fingerprint density at radius 1 is 1.23 bits per heavy atom. The summed E-state index contributed by atoms with van der Waals surface area (Å²) in [6, 6.07) is 13.7. The number of hydrogen-bond donors (Lipinski definition) is 1. The molecule has 3 rings (SSSR count). The minimum atomic E-state index is -0.257. The molecule has 1 heterocycles. The van der Waals surface area contributed by atoms with E-state index in [0.29, 0.717) is 18.8 Å². The van der Waals surface area contributed by atoms with E-state index < -0.39 is 0 Å². The van der Waals surface area contributed by atoms with Crippen LogP contribution in [0.2, 0.25) is 0 Å². The Bertz CT molecular complexity index is 750. The standard InChI is InChI=1S/C20H23NO4.ClH/c1-14(21-10-9-15-5-3-4-6-19(15)23-2)12-24-17-7-8-18-16(11-17)13-25-20(18)22;/h3-8,11,14,21H,9-10,12-13H2,1-2H3;1H. The average molecular weight is 378 g/mol. The molecular formula is C20H24ClNO4. The minimum Gasteiger partial charge on any atom is -0.496 e. The lowest BCUT2D eigenvalue weighted by Gasteiger charge is -2.16. The van der Waals surface area contributed by atoms with Gasteiger partial charge in [0.05, 0.1) is 12.7 Å². The Kier molecular flexibility index (Phi) is 7.30. The summed E-state index contributed by atoms with van der Waals surface area (Å²) in [4.78, 5) is 11.4. The number of ether oxygens (including phenoxy) is 3. The molecule has 2 aromatic rings. The van der Waals surface area contributed by atoms with Gasteiger partial charge in [-0.05, 0) is 49.7 Å². The number of benzene rings is 2. The van der Waals surface area contributed by atoms with Crippen molar-refractivity contribution in [2.24, 2.45) is 0 Å². The van der Waals surface area contributed by atoms with Gasteiger partial charge in [-0.1, -0.05) is 18.2 Å². The molecule has 0 spiro atoms. The van der Waals surface area contributed by atoms with Crippen molar-refractivity contribution in [2.45, 2.75) is 26.0 Å². The van der Waals surface area contributed by atoms with Crippen LogP contribution in [0.4, 0.5) is 0 Å². The lowest BCUT2D eigenvalue weighted by atomic mass is 10.1. The first kappa shape index (κ1) is 20.1. The molecular weight excluding hydrogens is 354 g/mol. The summed E-state index contributed by atoms with van der Waals surface area (Å²) in [5.74, 6) is 1.42. The van der Waals surface area contributed by atoms with Crippen LogP contribution >= 0.6 is 12.4 Å². The molecule has 1 unspecified atom stereocenters. The number of nitrogens with one attached hydrogen (secondary N) is 1. The van der Waals surface area contributed by atoms with Gasteiger partial charge < -0.3 is 19.5 Å². The summed E-state index contributed by atoms with van der Waals surface area (Å²) < 4.78 is 16.2. The van der Waals surface area contributed by atoms with Crippen LogP contribution in [0.5, 0.6) is 11.5 Å². The molecule has 0 amide bonds. The quantitative estimate of drug-likeness (QED) is 0.714. The maximum absolute atomic E-state index is 11.4. The number of carbonyl (C=O) groups excluding carboxylic acids is 1. The zero-order chi connectivity index (χ0) is 17.6. The zero-order valence-corrected chi connectivity index (χ0v) is 15.8. The van der Waals surface area contributed by atoms with Crippen LogP contribution in [0.25, 0.3) is 0 Å². The van der Waals surface area contributed by atoms with Gasteiger partial charge in [0.1, 0.15) is 24.7 Å². The molecule has 0 saturated heterocycles. The van der Waals surface area contributed by atoms with Crippen LogP contribution in [0.3, 0.4) is 0 Å². The van der Waals surface area contributed by atoms with Gasteiger partial charge in [-0.2, -0.15) is 0 Å². The van der Waals surface area contributed by atoms with Gasteiger partial charge in [0, 0.05) is 11.6 Å². The summed E-state index contributed by atoms with van der Waals surface area (Å²) >= 11 is 0. The number of fused-ring (bicyclic) bond motifs is 1. The van der Waals surface area contributed by atoms with E-state index in [1.807, 2.05) is 30.3 Å². The highest BCUT2D eigenvalue weighted by molar-refractivity contribution is 5.93. The second-order valence-corrected chi connectivity index (χ2v) is 6.12. The van der Waals surface area contributed by atoms with E-state index in [2.05, 4.69) is 18.3 Å². The van der Waals surface area contributed by atoms with E-state index in [9.17, 15) is 4.79 Å². The topological polar surface area (TPSA) is 56.8 Å². The van der Waals surface area contributed by atoms with Crippen molar-refractivity contribution in [1.82, 2.24) is 5.32 Å². The Morgan fingerprint density at radius 2 is 2.04 bits per heavy atom. The second-order valence-electron chi connectivity index (χ2n) is 6.12. The molecule has 2 aromatic carbocycles. The van der Waals surface area contributed by atoms with Crippen molar-refractivity contribution >= 4 is 18.4 Å². The van der Waals surface area contributed by atoms with E-state index >= 15 is 0 Å². The van der Waals surface area contributed by atoms with Crippen molar-refractivity contribution in [3.63, 3.8) is 0 Å². The molecule has 0 aromatic heterocycles. The fourth-order valence-corrected chi connectivity index (χ4v) is 2.84. The molecule has 6 heteroatoms. The normalized spacial score (nSPS) is 13.4. The zero-order valence-electron chi connectivity index (χ0n) is 15.0. The van der Waals surface area contributed by atoms with E-state index in [-0.39, 0.29) is 24.4 Å². The Morgan fingerprint density at radius 3 is 2.85 bits per heavy atom. The molecule has 0 radical (unpaired) electrons. The van der Waals surface area contributed by atoms with E-state index in [4.69, 9.17) is 14.2 Å². The van der Waals surface area contributed by atoms with Gasteiger partial charge in [0.2, 0.25) is 0 Å². The van der Waals surface area contributed by atoms with Crippen molar-refractivity contribution < 1.29 is 19.0 Å². The fourth-order valence-electron chi connectivity index (χ4n) is 2.84. The Labute approximate surface area is 160 Å². The van der Waals surface area contributed by atoms with Crippen molar-refractivity contribution in [2.75, 3.05) is 20.3 Å². The van der Waals surface area contributed by atoms with E-state index in [0.717, 1.165) is 30.0 Å². The van der Waals surface area contributed by atoms with Gasteiger partial charge in [-0.3, -0.25) is 0 Å². The summed E-state index contributed by atoms with van der Waals surface area (Å²) in [5, 5.41) is 3.45. The summed E-state index contributed by atoms with van der Waals surface area (Å²) in [6.07, 6.45) is 0.895. The third kappa shape index (κ3) is 4.90. The highest BCUT2D eigenvalue weighted by Gasteiger charge is 2.21. The van der Waals surface area contributed by atoms with Gasteiger partial charge in [-0.25, -0.2) is 4.79 Å². The lowest BCUT2D eigenvalue weighted by molar-refractivity contribution is 0.0535. The van der Waals surface area contributed by atoms with E-state index in [1.165, 1.54) is 5.56 Å². The van der Waals surface area contributed by atoms with Crippen molar-refractivity contribution in [1.29, 1.82) is 0 Å². The van der Waals surface area contributed by atoms with Crippen LogP contribution < -0.4 is 14.8 Å². The third-order valence-corrected chi connectivity index (χ3v) is 4.24. The first-order valence-electron chi connectivity index (χ1n) is 8.45. The number of carbonyl (C=O) groups is 1. The first-order valence-corrected chi connectivity index (χ1v) is 8.45. The number of halogens is 1. The number of hydrogen-bond acceptors (Lipinski definition) is 5. The molecule has 0 bridgehead atoms. The monoisotopic (exact) mass is 377 g/mol. The van der Waals surface area contributed by atoms with Crippen LogP contribution in [0.1, 0.15) is 28.4 Å². The lowest BCUT2D eigenvalue weighted by Crippen LogP contribution is -2.33. The SMILES string of the molecule is COc1ccccc1CCNC(C)COc1ccc2c(c1)COC2=O.Cl. The molecule has 0 aliphatic carbocycles. The van der Waals surface area contributed by atoms with Gasteiger partial charge >= 0.3 is 5.97 Å². The number of methoxy groups -OCH3 is 1. The number of esters is 1. The van der Waals surface area contributed by atoms with Gasteiger partial charge in [0.15, 0.2) is 0 Å². The third-order valence-electron chi connectivity index (χ3n) is 4.24. The largest absolute Gasteiger partial charge is 0.496 e.